The van der Waals surface area contributed by atoms with Crippen molar-refractivity contribution in [1.29, 1.82) is 0 Å². The van der Waals surface area contributed by atoms with Crippen molar-refractivity contribution in [3.8, 4) is 11.4 Å². The third-order valence-corrected chi connectivity index (χ3v) is 2.86. The first kappa shape index (κ1) is 13.5. The first-order valence-electron chi connectivity index (χ1n) is 5.80. The number of hydrogen-bond donors (Lipinski definition) is 1. The minimum atomic E-state index is -0.829. The number of halogens is 1. The van der Waals surface area contributed by atoms with E-state index in [1.54, 1.807) is 16.8 Å². The van der Waals surface area contributed by atoms with Gasteiger partial charge in [-0.1, -0.05) is 30.7 Å². The lowest BCUT2D eigenvalue weighted by Gasteiger charge is -2.10. The van der Waals surface area contributed by atoms with Crippen molar-refractivity contribution in [3.05, 3.63) is 29.3 Å². The molecule has 0 bridgehead atoms. The summed E-state index contributed by atoms with van der Waals surface area (Å²) in [7, 11) is 0. The Hall–Kier alpha value is -1.95. The summed E-state index contributed by atoms with van der Waals surface area (Å²) in [6, 6.07) is 7.21. The smallest absolute Gasteiger partial charge is 0.303 e. The number of nitrogens with zero attached hydrogens (tertiary/aromatic N) is 4. The van der Waals surface area contributed by atoms with Gasteiger partial charge in [-0.25, -0.2) is 4.68 Å². The molecule has 0 spiro atoms. The molecule has 0 radical (unpaired) electrons. The first-order valence-corrected chi connectivity index (χ1v) is 6.18. The number of rotatable bonds is 5. The second-order valence-electron chi connectivity index (χ2n) is 4.40. The summed E-state index contributed by atoms with van der Waals surface area (Å²) in [4.78, 5) is 10.7. The van der Waals surface area contributed by atoms with Crippen molar-refractivity contribution < 1.29 is 9.90 Å². The Labute approximate surface area is 115 Å². The van der Waals surface area contributed by atoms with Gasteiger partial charge in [-0.2, -0.15) is 0 Å². The van der Waals surface area contributed by atoms with Crippen LogP contribution >= 0.6 is 11.6 Å². The average molecular weight is 281 g/mol. The topological polar surface area (TPSA) is 80.9 Å². The molecule has 2 rings (SSSR count). The van der Waals surface area contributed by atoms with Gasteiger partial charge in [-0.3, -0.25) is 4.79 Å². The summed E-state index contributed by atoms with van der Waals surface area (Å²) < 4.78 is 1.60. The zero-order chi connectivity index (χ0) is 13.8. The van der Waals surface area contributed by atoms with E-state index < -0.39 is 5.97 Å². The number of carboxylic acids is 1. The largest absolute Gasteiger partial charge is 0.481 e. The number of hydrogen-bond acceptors (Lipinski definition) is 4. The van der Waals surface area contributed by atoms with Crippen LogP contribution in [0.5, 0.6) is 0 Å². The highest BCUT2D eigenvalue weighted by atomic mass is 35.5. The SMILES string of the molecule is CC(CC(=O)O)Cn1nnnc1-c1cccc(Cl)c1. The van der Waals surface area contributed by atoms with Gasteiger partial charge in [-0.05, 0) is 28.5 Å². The molecule has 1 unspecified atom stereocenters. The summed E-state index contributed by atoms with van der Waals surface area (Å²) in [6.45, 7) is 2.29. The maximum atomic E-state index is 10.7. The Morgan fingerprint density at radius 3 is 3.00 bits per heavy atom. The molecular weight excluding hydrogens is 268 g/mol. The van der Waals surface area contributed by atoms with E-state index in [9.17, 15) is 4.79 Å². The van der Waals surface area contributed by atoms with E-state index in [0.29, 0.717) is 17.4 Å². The van der Waals surface area contributed by atoms with Crippen molar-refractivity contribution in [2.75, 3.05) is 0 Å². The van der Waals surface area contributed by atoms with Gasteiger partial charge in [0, 0.05) is 23.6 Å². The molecule has 0 saturated carbocycles. The zero-order valence-corrected chi connectivity index (χ0v) is 11.1. The van der Waals surface area contributed by atoms with E-state index in [1.807, 2.05) is 19.1 Å². The van der Waals surface area contributed by atoms with Crippen LogP contribution in [0.25, 0.3) is 11.4 Å². The van der Waals surface area contributed by atoms with Gasteiger partial charge in [0.25, 0.3) is 0 Å². The summed E-state index contributed by atoms with van der Waals surface area (Å²) in [6.07, 6.45) is 0.0782. The van der Waals surface area contributed by atoms with Crippen LogP contribution in [-0.2, 0) is 11.3 Å². The first-order chi connectivity index (χ1) is 9.06. The Balaban J connectivity index is 2.20. The molecule has 0 aliphatic rings. The fraction of sp³-hybridized carbons (Fsp3) is 0.333. The molecule has 0 amide bonds. The van der Waals surface area contributed by atoms with Gasteiger partial charge in [0.2, 0.25) is 0 Å². The number of aliphatic carboxylic acids is 1. The highest BCUT2D eigenvalue weighted by molar-refractivity contribution is 6.30. The Morgan fingerprint density at radius 2 is 2.32 bits per heavy atom. The van der Waals surface area contributed by atoms with E-state index in [1.165, 1.54) is 0 Å². The van der Waals surface area contributed by atoms with E-state index in [4.69, 9.17) is 16.7 Å². The molecule has 1 atom stereocenters. The maximum Gasteiger partial charge on any atom is 0.303 e. The van der Waals surface area contributed by atoms with Crippen molar-refractivity contribution in [3.63, 3.8) is 0 Å². The fourth-order valence-electron chi connectivity index (χ4n) is 1.82. The summed E-state index contributed by atoms with van der Waals surface area (Å²) in [5.41, 5.74) is 0.806. The Kier molecular flexibility index (Phi) is 4.11. The molecule has 1 heterocycles. The third kappa shape index (κ3) is 3.51. The van der Waals surface area contributed by atoms with Crippen molar-refractivity contribution >= 4 is 17.6 Å². The predicted octanol–water partition coefficient (Wildman–Crippen LogP) is 2.10. The van der Waals surface area contributed by atoms with Crippen LogP contribution in [0.3, 0.4) is 0 Å². The van der Waals surface area contributed by atoms with Crippen LogP contribution in [-0.4, -0.2) is 31.3 Å². The second kappa shape index (κ2) is 5.79. The molecule has 2 aromatic rings. The molecule has 1 N–H and O–H groups in total. The highest BCUT2D eigenvalue weighted by Gasteiger charge is 2.14. The lowest BCUT2D eigenvalue weighted by Crippen LogP contribution is -2.14. The number of benzene rings is 1. The lowest BCUT2D eigenvalue weighted by atomic mass is 10.1. The summed E-state index contributed by atoms with van der Waals surface area (Å²) in [5, 5.41) is 20.8. The molecular formula is C12H13ClN4O2. The van der Waals surface area contributed by atoms with Crippen LogP contribution in [0.2, 0.25) is 5.02 Å². The minimum absolute atomic E-state index is 0.0565. The molecule has 19 heavy (non-hydrogen) atoms. The normalized spacial score (nSPS) is 12.3. The molecule has 6 nitrogen and oxygen atoms in total. The minimum Gasteiger partial charge on any atom is -0.481 e. The molecule has 100 valence electrons. The predicted molar refractivity (Wildman–Crippen MR) is 69.7 cm³/mol. The standard InChI is InChI=1S/C12H13ClN4O2/c1-8(5-11(18)19)7-17-12(14-15-16-17)9-3-2-4-10(13)6-9/h2-4,6,8H,5,7H2,1H3,(H,18,19). The molecule has 7 heteroatoms. The van der Waals surface area contributed by atoms with Gasteiger partial charge in [0.15, 0.2) is 5.82 Å². The summed E-state index contributed by atoms with van der Waals surface area (Å²) >= 11 is 5.93. The lowest BCUT2D eigenvalue weighted by molar-refractivity contribution is -0.138. The van der Waals surface area contributed by atoms with Crippen molar-refractivity contribution in [1.82, 2.24) is 20.2 Å². The van der Waals surface area contributed by atoms with E-state index >= 15 is 0 Å². The second-order valence-corrected chi connectivity index (χ2v) is 4.83. The molecule has 0 fully saturated rings. The number of tetrazole rings is 1. The van der Waals surface area contributed by atoms with Crippen molar-refractivity contribution in [2.24, 2.45) is 5.92 Å². The van der Waals surface area contributed by atoms with Crippen LogP contribution in [0, 0.1) is 5.92 Å². The van der Waals surface area contributed by atoms with Crippen LogP contribution in [0.4, 0.5) is 0 Å². The highest BCUT2D eigenvalue weighted by Crippen LogP contribution is 2.20. The molecule has 0 aliphatic heterocycles. The average Bonchev–Trinajstić information content (AvgIpc) is 2.75. The molecule has 1 aromatic carbocycles. The maximum absolute atomic E-state index is 10.7. The Morgan fingerprint density at radius 1 is 1.53 bits per heavy atom. The molecule has 0 saturated heterocycles. The molecule has 0 aliphatic carbocycles. The van der Waals surface area contributed by atoms with E-state index in [-0.39, 0.29) is 12.3 Å². The van der Waals surface area contributed by atoms with Gasteiger partial charge in [0.1, 0.15) is 0 Å². The van der Waals surface area contributed by atoms with Crippen LogP contribution in [0.15, 0.2) is 24.3 Å². The molecule has 1 aromatic heterocycles. The third-order valence-electron chi connectivity index (χ3n) is 2.62. The quantitative estimate of drug-likeness (QED) is 0.907. The van der Waals surface area contributed by atoms with E-state index in [2.05, 4.69) is 15.5 Å². The van der Waals surface area contributed by atoms with Gasteiger partial charge in [-0.15, -0.1) is 5.10 Å². The zero-order valence-electron chi connectivity index (χ0n) is 10.3. The number of carboxylic acid groups (broad SMARTS) is 1. The number of aromatic nitrogens is 4. The van der Waals surface area contributed by atoms with Crippen LogP contribution in [0.1, 0.15) is 13.3 Å². The van der Waals surface area contributed by atoms with Gasteiger partial charge >= 0.3 is 5.97 Å². The van der Waals surface area contributed by atoms with Crippen LogP contribution < -0.4 is 0 Å². The fourth-order valence-corrected chi connectivity index (χ4v) is 2.01. The Bertz CT molecular complexity index is 585. The van der Waals surface area contributed by atoms with E-state index in [0.717, 1.165) is 5.56 Å². The van der Waals surface area contributed by atoms with Crippen molar-refractivity contribution in [2.45, 2.75) is 19.9 Å². The van der Waals surface area contributed by atoms with Gasteiger partial charge in [0.05, 0.1) is 0 Å². The number of carbonyl (C=O) groups is 1. The van der Waals surface area contributed by atoms with Gasteiger partial charge < -0.3 is 5.11 Å². The summed E-state index contributed by atoms with van der Waals surface area (Å²) in [5.74, 6) is -0.302. The monoisotopic (exact) mass is 280 g/mol.